The van der Waals surface area contributed by atoms with Crippen LogP contribution >= 0.6 is 15.9 Å². The van der Waals surface area contributed by atoms with Gasteiger partial charge in [0.15, 0.2) is 16.6 Å². The number of hydrogen-bond acceptors (Lipinski definition) is 1. The minimum atomic E-state index is -0.0804. The fourth-order valence-corrected chi connectivity index (χ4v) is 1.15. The van der Waals surface area contributed by atoms with Gasteiger partial charge in [0.05, 0.1) is 15.9 Å². The molecule has 0 saturated carbocycles. The van der Waals surface area contributed by atoms with E-state index in [2.05, 4.69) is 22.0 Å². The van der Waals surface area contributed by atoms with Crippen LogP contribution in [0.4, 0.5) is 0 Å². The first-order valence-corrected chi connectivity index (χ1v) is 4.20. The third-order valence-corrected chi connectivity index (χ3v) is 1.82. The van der Waals surface area contributed by atoms with Crippen LogP contribution < -0.4 is 0 Å². The van der Waals surface area contributed by atoms with Crippen LogP contribution in [0.1, 0.15) is 13.8 Å². The van der Waals surface area contributed by atoms with E-state index >= 15 is 0 Å². The van der Waals surface area contributed by atoms with Crippen molar-refractivity contribution in [2.24, 2.45) is 0 Å². The first-order chi connectivity index (χ1) is 5.11. The molecular formula is C8H9BrNO+. The lowest BCUT2D eigenvalue weighted by Gasteiger charge is -2.17. The van der Waals surface area contributed by atoms with E-state index in [1.165, 1.54) is 0 Å². The Labute approximate surface area is 74.7 Å². The van der Waals surface area contributed by atoms with Crippen molar-refractivity contribution in [1.29, 1.82) is 0 Å². The maximum atomic E-state index is 11.1. The monoisotopic (exact) mass is 214 g/mol. The third-order valence-electron chi connectivity index (χ3n) is 1.39. The molecule has 0 bridgehead atoms. The highest BCUT2D eigenvalue weighted by atomic mass is 79.9. The molecule has 1 amide bonds. The molecule has 0 atom stereocenters. The standard InChI is InChI=1S/C8H9BrNO/c1-6(2)10-5-7(9)3-4-8(10)11/h3,5-6H,1-2H3/q+1. The molecule has 11 heavy (non-hydrogen) atoms. The SMILES string of the molecule is CC(C)N1C=C(Br)C=[C+]C1=O. The molecule has 0 aromatic rings. The molecule has 0 aromatic carbocycles. The Morgan fingerprint density at radius 3 is 2.73 bits per heavy atom. The molecule has 2 nitrogen and oxygen atoms in total. The van der Waals surface area contributed by atoms with Gasteiger partial charge in [0, 0.05) is 6.04 Å². The van der Waals surface area contributed by atoms with Gasteiger partial charge >= 0.3 is 5.91 Å². The zero-order valence-corrected chi connectivity index (χ0v) is 8.05. The van der Waals surface area contributed by atoms with Gasteiger partial charge in [-0.05, 0) is 13.8 Å². The van der Waals surface area contributed by atoms with Crippen LogP contribution in [-0.4, -0.2) is 16.8 Å². The van der Waals surface area contributed by atoms with Crippen molar-refractivity contribution < 1.29 is 4.79 Å². The number of carbonyl (C=O) groups is 1. The number of allylic oxidation sites excluding steroid dienone is 2. The fourth-order valence-electron chi connectivity index (χ4n) is 0.818. The van der Waals surface area contributed by atoms with E-state index in [1.54, 1.807) is 17.2 Å². The summed E-state index contributed by atoms with van der Waals surface area (Å²) >= 11 is 3.27. The maximum Gasteiger partial charge on any atom is 0.397 e. The Kier molecular flexibility index (Phi) is 2.42. The lowest BCUT2D eigenvalue weighted by Crippen LogP contribution is -2.32. The highest BCUT2D eigenvalue weighted by molar-refractivity contribution is 9.11. The molecule has 0 unspecified atom stereocenters. The van der Waals surface area contributed by atoms with Crippen LogP contribution in [0.25, 0.3) is 0 Å². The molecule has 0 N–H and O–H groups in total. The summed E-state index contributed by atoms with van der Waals surface area (Å²) in [5, 5.41) is 0. The molecule has 0 aromatic heterocycles. The number of nitrogens with zero attached hydrogens (tertiary/aromatic N) is 1. The Balaban J connectivity index is 2.82. The second kappa shape index (κ2) is 3.16. The van der Waals surface area contributed by atoms with Crippen molar-refractivity contribution in [1.82, 2.24) is 4.90 Å². The van der Waals surface area contributed by atoms with Gasteiger partial charge in [-0.2, -0.15) is 0 Å². The molecule has 1 aliphatic rings. The minimum Gasteiger partial charge on any atom is -0.268 e. The van der Waals surface area contributed by atoms with Crippen LogP contribution in [0.3, 0.4) is 0 Å². The molecule has 0 radical (unpaired) electrons. The van der Waals surface area contributed by atoms with Crippen LogP contribution in [0.5, 0.6) is 0 Å². The topological polar surface area (TPSA) is 20.3 Å². The van der Waals surface area contributed by atoms with Gasteiger partial charge in [-0.1, -0.05) is 0 Å². The highest BCUT2D eigenvalue weighted by Gasteiger charge is 2.24. The lowest BCUT2D eigenvalue weighted by atomic mass is 10.2. The zero-order chi connectivity index (χ0) is 8.43. The van der Waals surface area contributed by atoms with Crippen molar-refractivity contribution in [3.63, 3.8) is 0 Å². The quantitative estimate of drug-likeness (QED) is 0.611. The number of amides is 1. The second-order valence-corrected chi connectivity index (χ2v) is 3.52. The average Bonchev–Trinajstić information content (AvgIpc) is 1.94. The highest BCUT2D eigenvalue weighted by Crippen LogP contribution is 2.15. The van der Waals surface area contributed by atoms with E-state index in [0.29, 0.717) is 0 Å². The van der Waals surface area contributed by atoms with Gasteiger partial charge < -0.3 is 0 Å². The van der Waals surface area contributed by atoms with Crippen LogP contribution in [0, 0.1) is 6.08 Å². The molecule has 0 fully saturated rings. The summed E-state index contributed by atoms with van der Waals surface area (Å²) in [6, 6.07) is 0.191. The average molecular weight is 215 g/mol. The maximum absolute atomic E-state index is 11.1. The number of halogens is 1. The number of carbonyl (C=O) groups excluding carboxylic acids is 1. The van der Waals surface area contributed by atoms with Crippen molar-refractivity contribution in [3.8, 4) is 0 Å². The smallest absolute Gasteiger partial charge is 0.268 e. The number of rotatable bonds is 1. The molecule has 0 spiro atoms. The van der Waals surface area contributed by atoms with E-state index < -0.39 is 0 Å². The first kappa shape index (κ1) is 8.44. The molecular weight excluding hydrogens is 206 g/mol. The van der Waals surface area contributed by atoms with Gasteiger partial charge in [0.1, 0.15) is 6.20 Å². The van der Waals surface area contributed by atoms with Gasteiger partial charge in [-0.3, -0.25) is 4.90 Å². The predicted molar refractivity (Wildman–Crippen MR) is 46.8 cm³/mol. The summed E-state index contributed by atoms with van der Waals surface area (Å²) in [4.78, 5) is 12.7. The van der Waals surface area contributed by atoms with Gasteiger partial charge in [0.25, 0.3) is 0 Å². The van der Waals surface area contributed by atoms with Gasteiger partial charge in [-0.25, -0.2) is 4.79 Å². The van der Waals surface area contributed by atoms with E-state index in [1.807, 2.05) is 13.8 Å². The molecule has 1 rings (SSSR count). The van der Waals surface area contributed by atoms with Crippen molar-refractivity contribution in [3.05, 3.63) is 22.8 Å². The van der Waals surface area contributed by atoms with Crippen molar-refractivity contribution in [2.75, 3.05) is 0 Å². The lowest BCUT2D eigenvalue weighted by molar-refractivity contribution is -0.125. The van der Waals surface area contributed by atoms with Crippen molar-refractivity contribution >= 4 is 21.8 Å². The Bertz CT molecular complexity index is 230. The van der Waals surface area contributed by atoms with Crippen LogP contribution in [-0.2, 0) is 4.79 Å². The Hall–Kier alpha value is -0.660. The minimum absolute atomic E-state index is 0.0804. The molecule has 0 saturated heterocycles. The fraction of sp³-hybridized carbons (Fsp3) is 0.375. The van der Waals surface area contributed by atoms with E-state index in [0.717, 1.165) is 4.48 Å². The second-order valence-electron chi connectivity index (χ2n) is 2.61. The molecule has 3 heteroatoms. The van der Waals surface area contributed by atoms with Crippen molar-refractivity contribution in [2.45, 2.75) is 19.9 Å². The summed E-state index contributed by atoms with van der Waals surface area (Å²) < 4.78 is 0.880. The number of hydrogen-bond donors (Lipinski definition) is 0. The zero-order valence-electron chi connectivity index (χ0n) is 6.47. The third kappa shape index (κ3) is 1.88. The predicted octanol–water partition coefficient (Wildman–Crippen LogP) is 1.83. The molecule has 1 heterocycles. The van der Waals surface area contributed by atoms with E-state index in [4.69, 9.17) is 0 Å². The molecule has 1 aliphatic heterocycles. The van der Waals surface area contributed by atoms with E-state index in [-0.39, 0.29) is 11.9 Å². The summed E-state index contributed by atoms with van der Waals surface area (Å²) in [6.45, 7) is 3.92. The Morgan fingerprint density at radius 2 is 2.27 bits per heavy atom. The van der Waals surface area contributed by atoms with Crippen LogP contribution in [0.2, 0.25) is 0 Å². The molecule has 58 valence electrons. The normalized spacial score (nSPS) is 16.9. The summed E-state index contributed by atoms with van der Waals surface area (Å²) in [6.07, 6.45) is 6.00. The van der Waals surface area contributed by atoms with Gasteiger partial charge in [0.2, 0.25) is 0 Å². The summed E-state index contributed by atoms with van der Waals surface area (Å²) in [7, 11) is 0. The largest absolute Gasteiger partial charge is 0.397 e. The van der Waals surface area contributed by atoms with Gasteiger partial charge in [-0.15, -0.1) is 0 Å². The summed E-state index contributed by atoms with van der Waals surface area (Å²) in [5.41, 5.74) is 0. The molecule has 0 aliphatic carbocycles. The first-order valence-electron chi connectivity index (χ1n) is 3.40. The van der Waals surface area contributed by atoms with E-state index in [9.17, 15) is 4.79 Å². The van der Waals surface area contributed by atoms with Crippen LogP contribution in [0.15, 0.2) is 16.8 Å². The Morgan fingerprint density at radius 1 is 1.64 bits per heavy atom. The summed E-state index contributed by atoms with van der Waals surface area (Å²) in [5.74, 6) is -0.0804.